The number of aliphatic hydroxyl groups is 1. The summed E-state index contributed by atoms with van der Waals surface area (Å²) in [5, 5.41) is 13.0. The Bertz CT molecular complexity index is 1140. The van der Waals surface area contributed by atoms with E-state index in [1.165, 1.54) is 17.2 Å². The van der Waals surface area contributed by atoms with E-state index in [1.54, 1.807) is 31.2 Å². The van der Waals surface area contributed by atoms with Crippen LogP contribution in [0.2, 0.25) is 0 Å². The van der Waals surface area contributed by atoms with E-state index < -0.39 is 30.1 Å². The van der Waals surface area contributed by atoms with Gasteiger partial charge in [-0.2, -0.15) is 0 Å². The molecule has 3 rings (SSSR count). The van der Waals surface area contributed by atoms with Crippen molar-refractivity contribution in [1.82, 2.24) is 20.2 Å². The van der Waals surface area contributed by atoms with E-state index in [1.807, 2.05) is 13.8 Å². The average Bonchev–Trinajstić information content (AvgIpc) is 3.57. The summed E-state index contributed by atoms with van der Waals surface area (Å²) < 4.78 is 5.90. The first kappa shape index (κ1) is 30.0. The van der Waals surface area contributed by atoms with Crippen LogP contribution in [0.25, 0.3) is 0 Å². The number of aromatic nitrogens is 2. The molecule has 1 saturated heterocycles. The summed E-state index contributed by atoms with van der Waals surface area (Å²) in [6, 6.07) is -0.767. The van der Waals surface area contributed by atoms with E-state index in [2.05, 4.69) is 15.3 Å². The van der Waals surface area contributed by atoms with Crippen LogP contribution in [-0.2, 0) is 25.5 Å². The molecule has 11 nitrogen and oxygen atoms in total. The van der Waals surface area contributed by atoms with Crippen molar-refractivity contribution >= 4 is 23.6 Å². The molecule has 1 fully saturated rings. The minimum absolute atomic E-state index is 0.0753. The van der Waals surface area contributed by atoms with Crippen molar-refractivity contribution in [2.24, 2.45) is 17.6 Å². The fourth-order valence-electron chi connectivity index (χ4n) is 4.78. The van der Waals surface area contributed by atoms with E-state index >= 15 is 0 Å². The van der Waals surface area contributed by atoms with E-state index in [9.17, 15) is 24.3 Å². The Balaban J connectivity index is 1.87. The lowest BCUT2D eigenvalue weighted by Gasteiger charge is -2.30. The molecule has 1 aromatic heterocycles. The third-order valence-corrected chi connectivity index (χ3v) is 6.93. The monoisotopic (exact) mass is 541 g/mol. The summed E-state index contributed by atoms with van der Waals surface area (Å²) in [6.07, 6.45) is 8.81. The second kappa shape index (κ2) is 14.0. The molecule has 0 aromatic carbocycles. The number of nitrogens with one attached hydrogen (secondary N) is 2. The molecular weight excluding hydrogens is 502 g/mol. The predicted molar refractivity (Wildman–Crippen MR) is 144 cm³/mol. The number of rotatable bonds is 2. The minimum Gasteiger partial charge on any atom is -0.460 e. The van der Waals surface area contributed by atoms with Crippen molar-refractivity contribution in [2.75, 3.05) is 19.6 Å². The lowest BCUT2D eigenvalue weighted by Crippen LogP contribution is -2.45. The molecule has 2 aliphatic rings. The number of carbonyl (C=O) groups excluding carboxylic acids is 4. The van der Waals surface area contributed by atoms with Crippen LogP contribution in [0.3, 0.4) is 0 Å². The summed E-state index contributed by atoms with van der Waals surface area (Å²) in [7, 11) is 0. The van der Waals surface area contributed by atoms with Crippen LogP contribution in [0.5, 0.6) is 0 Å². The summed E-state index contributed by atoms with van der Waals surface area (Å²) in [6.45, 7) is 6.42. The molecular formula is C28H39N5O6. The number of amides is 2. The second-order valence-electron chi connectivity index (χ2n) is 10.3. The summed E-state index contributed by atoms with van der Waals surface area (Å²) >= 11 is 0. The van der Waals surface area contributed by atoms with Gasteiger partial charge in [0.05, 0.1) is 18.7 Å². The van der Waals surface area contributed by atoms with Gasteiger partial charge in [-0.05, 0) is 32.4 Å². The number of H-pyrrole nitrogens is 1. The number of allylic oxidation sites excluding steroid dienone is 2. The predicted octanol–water partition coefficient (Wildman–Crippen LogP) is 1.21. The van der Waals surface area contributed by atoms with E-state index in [0.717, 1.165) is 5.57 Å². The van der Waals surface area contributed by atoms with Gasteiger partial charge in [-0.15, -0.1) is 0 Å². The van der Waals surface area contributed by atoms with Crippen molar-refractivity contribution in [2.45, 2.75) is 64.7 Å². The normalized spacial score (nSPS) is 27.8. The van der Waals surface area contributed by atoms with Crippen molar-refractivity contribution in [3.05, 3.63) is 53.7 Å². The van der Waals surface area contributed by atoms with Crippen LogP contribution in [-0.4, -0.2) is 81.4 Å². The molecule has 0 aliphatic carbocycles. The van der Waals surface area contributed by atoms with Gasteiger partial charge in [-0.25, -0.2) is 9.78 Å². The highest BCUT2D eigenvalue weighted by molar-refractivity contribution is 5.95. The smallest absolute Gasteiger partial charge is 0.329 e. The number of cyclic esters (lactones) is 1. The molecule has 11 heteroatoms. The maximum absolute atomic E-state index is 13.3. The molecule has 0 spiro atoms. The van der Waals surface area contributed by atoms with Gasteiger partial charge in [-0.1, -0.05) is 43.7 Å². The number of nitrogens with two attached hydrogens (primary N) is 1. The van der Waals surface area contributed by atoms with Crippen LogP contribution in [0, 0.1) is 11.8 Å². The number of carbonyl (C=O) groups is 4. The number of hydrogen-bond donors (Lipinski definition) is 4. The van der Waals surface area contributed by atoms with Gasteiger partial charge in [0.25, 0.3) is 5.91 Å². The zero-order chi connectivity index (χ0) is 28.5. The molecule has 5 N–H and O–H groups in total. The standard InChI is InChI=1S/C28H39N5O6/c1-17-6-4-10-30-25(36)9-8-18(2)26(19(3)15-29)39-28(38)23-7-5-11-33(23)27(37)22-16-31-24(32-22)14-21(35)13-20(34)12-17/h4,6,8-9,12,16,18-20,23,26,34H,5,7,10-11,13-15,29H2,1-3H3,(H,30,36)(H,31,32)/b6-4?,9-8+,17-12?/t18-,19-,20-,23-,26+/m1/s1. The minimum atomic E-state index is -0.987. The number of Topliss-reactive ketones (excluding diaryl/α,β-unsaturated/α-hetero) is 1. The van der Waals surface area contributed by atoms with Crippen molar-refractivity contribution in [1.29, 1.82) is 0 Å². The quantitative estimate of drug-likeness (QED) is 0.405. The molecule has 5 atom stereocenters. The Kier molecular flexibility index (Phi) is 10.8. The molecule has 212 valence electrons. The molecule has 1 aromatic rings. The second-order valence-corrected chi connectivity index (χ2v) is 10.3. The summed E-state index contributed by atoms with van der Waals surface area (Å²) in [5.41, 5.74) is 6.80. The van der Waals surface area contributed by atoms with Gasteiger partial charge < -0.3 is 30.8 Å². The number of esters is 1. The average molecular weight is 542 g/mol. The highest BCUT2D eigenvalue weighted by Crippen LogP contribution is 2.25. The third-order valence-electron chi connectivity index (χ3n) is 6.93. The van der Waals surface area contributed by atoms with Crippen molar-refractivity contribution in [3.8, 4) is 0 Å². The number of nitrogens with zero attached hydrogens (tertiary/aromatic N) is 2. The Hall–Kier alpha value is -3.57. The first-order valence-electron chi connectivity index (χ1n) is 13.3. The highest BCUT2D eigenvalue weighted by atomic mass is 16.5. The van der Waals surface area contributed by atoms with Crippen LogP contribution >= 0.6 is 0 Å². The SMILES string of the molecule is CC1=C[C@@H](O)CC(=O)Cc2ncc([nH]2)C(=O)N2CCC[C@@H]2C(=O)O[C@H]([C@H](C)CN)[C@H](C)/C=C/C(=O)NCC=C1. The lowest BCUT2D eigenvalue weighted by molar-refractivity contribution is -0.158. The van der Waals surface area contributed by atoms with Gasteiger partial charge in [0.1, 0.15) is 29.4 Å². The summed E-state index contributed by atoms with van der Waals surface area (Å²) in [5.74, 6) is -1.67. The number of aromatic amines is 1. The summed E-state index contributed by atoms with van der Waals surface area (Å²) in [4.78, 5) is 59.8. The van der Waals surface area contributed by atoms with E-state index in [4.69, 9.17) is 10.5 Å². The highest BCUT2D eigenvalue weighted by Gasteiger charge is 2.38. The van der Waals surface area contributed by atoms with Crippen LogP contribution in [0.1, 0.15) is 56.3 Å². The van der Waals surface area contributed by atoms with Gasteiger partial charge in [0, 0.05) is 31.3 Å². The number of aliphatic hydroxyl groups excluding tert-OH is 1. The van der Waals surface area contributed by atoms with E-state index in [-0.39, 0.29) is 55.2 Å². The molecule has 2 amide bonds. The molecule has 0 unspecified atom stereocenters. The molecule has 2 aliphatic heterocycles. The Morgan fingerprint density at radius 3 is 2.77 bits per heavy atom. The van der Waals surface area contributed by atoms with Crippen LogP contribution in [0.4, 0.5) is 0 Å². The number of ketones is 1. The molecule has 2 bridgehead atoms. The van der Waals surface area contributed by atoms with Gasteiger partial charge >= 0.3 is 5.97 Å². The van der Waals surface area contributed by atoms with Crippen LogP contribution in [0.15, 0.2) is 42.2 Å². The van der Waals surface area contributed by atoms with Gasteiger partial charge in [0.2, 0.25) is 5.91 Å². The van der Waals surface area contributed by atoms with Gasteiger partial charge in [-0.3, -0.25) is 14.4 Å². The zero-order valence-corrected chi connectivity index (χ0v) is 22.8. The topological polar surface area (TPSA) is 168 Å². The number of hydrogen-bond acceptors (Lipinski definition) is 8. The Morgan fingerprint density at radius 2 is 2.03 bits per heavy atom. The largest absolute Gasteiger partial charge is 0.460 e. The molecule has 0 radical (unpaired) electrons. The Labute approximate surface area is 228 Å². The first-order valence-corrected chi connectivity index (χ1v) is 13.3. The number of ether oxygens (including phenoxy) is 1. The third kappa shape index (κ3) is 8.46. The number of imidazole rings is 1. The molecule has 39 heavy (non-hydrogen) atoms. The maximum atomic E-state index is 13.3. The van der Waals surface area contributed by atoms with Crippen molar-refractivity contribution < 1.29 is 29.0 Å². The first-order chi connectivity index (χ1) is 18.6. The van der Waals surface area contributed by atoms with Crippen molar-refractivity contribution in [3.63, 3.8) is 0 Å². The molecule has 0 saturated carbocycles. The molecule has 3 heterocycles. The number of fused-ring (bicyclic) bond motifs is 3. The van der Waals surface area contributed by atoms with E-state index in [0.29, 0.717) is 25.2 Å². The van der Waals surface area contributed by atoms with Crippen LogP contribution < -0.4 is 11.1 Å². The Morgan fingerprint density at radius 1 is 1.26 bits per heavy atom. The lowest BCUT2D eigenvalue weighted by atomic mass is 9.92. The fourth-order valence-corrected chi connectivity index (χ4v) is 4.78. The van der Waals surface area contributed by atoms with Gasteiger partial charge in [0.15, 0.2) is 0 Å². The zero-order valence-electron chi connectivity index (χ0n) is 22.8. The fraction of sp³-hybridized carbons (Fsp3) is 0.536. The maximum Gasteiger partial charge on any atom is 0.329 e.